The standard InChI is InChI=1S/C24H24Cl2N6O3S/c1-15-12-16(6-7-20(15)31-8-10-36(34,35)11-9-31)28-24-27-13-17-22(29-24)30(2)14-32(23(17)33)21-18(25)4-3-5-19(21)26/h3-7,12-13H,8-11,14H2,1-2H3,(H,27,28,29). The molecular formula is C24H24Cl2N6O3S. The quantitative estimate of drug-likeness (QED) is 0.521. The van der Waals surface area contributed by atoms with Crippen molar-refractivity contribution >= 4 is 67.8 Å². The van der Waals surface area contributed by atoms with Gasteiger partial charge in [0.1, 0.15) is 11.4 Å². The average molecular weight is 547 g/mol. The Balaban J connectivity index is 1.36. The first-order valence-electron chi connectivity index (χ1n) is 11.3. The minimum absolute atomic E-state index is 0.168. The van der Waals surface area contributed by atoms with E-state index in [1.54, 1.807) is 18.2 Å². The van der Waals surface area contributed by atoms with Gasteiger partial charge in [-0.25, -0.2) is 13.4 Å². The molecule has 9 nitrogen and oxygen atoms in total. The molecule has 2 aliphatic heterocycles. The van der Waals surface area contributed by atoms with Crippen LogP contribution in [0.5, 0.6) is 0 Å². The number of sulfone groups is 1. The molecule has 1 fully saturated rings. The lowest BCUT2D eigenvalue weighted by Gasteiger charge is -2.35. The number of carbonyl (C=O) groups excluding carboxylic acids is 1. The average Bonchev–Trinajstić information content (AvgIpc) is 2.82. The van der Waals surface area contributed by atoms with Gasteiger partial charge in [-0.1, -0.05) is 29.3 Å². The van der Waals surface area contributed by atoms with E-state index in [0.717, 1.165) is 16.9 Å². The first-order chi connectivity index (χ1) is 17.1. The van der Waals surface area contributed by atoms with E-state index in [0.29, 0.717) is 46.2 Å². The molecular weight excluding hydrogens is 523 g/mol. The van der Waals surface area contributed by atoms with Crippen LogP contribution in [0, 0.1) is 6.92 Å². The van der Waals surface area contributed by atoms with Gasteiger partial charge in [0.05, 0.1) is 33.9 Å². The third-order valence-corrected chi connectivity index (χ3v) is 8.52. The number of hydrogen-bond acceptors (Lipinski definition) is 8. The number of anilines is 5. The Labute approximate surface area is 219 Å². The predicted molar refractivity (Wildman–Crippen MR) is 144 cm³/mol. The Bertz CT molecular complexity index is 1430. The van der Waals surface area contributed by atoms with Crippen molar-refractivity contribution in [2.24, 2.45) is 0 Å². The number of rotatable bonds is 4. The number of para-hydroxylation sites is 1. The van der Waals surface area contributed by atoms with Crippen molar-refractivity contribution < 1.29 is 13.2 Å². The van der Waals surface area contributed by atoms with Crippen molar-refractivity contribution in [2.75, 3.05) is 58.3 Å². The summed E-state index contributed by atoms with van der Waals surface area (Å²) in [4.78, 5) is 27.6. The van der Waals surface area contributed by atoms with Gasteiger partial charge in [-0.2, -0.15) is 4.98 Å². The van der Waals surface area contributed by atoms with Gasteiger partial charge in [0, 0.05) is 37.7 Å². The number of nitrogens with one attached hydrogen (secondary N) is 1. The van der Waals surface area contributed by atoms with Crippen LogP contribution in [0.25, 0.3) is 0 Å². The lowest BCUT2D eigenvalue weighted by Crippen LogP contribution is -2.46. The Kier molecular flexibility index (Phi) is 6.44. The summed E-state index contributed by atoms with van der Waals surface area (Å²) >= 11 is 12.7. The molecule has 0 bridgehead atoms. The Morgan fingerprint density at radius 1 is 1.06 bits per heavy atom. The maximum atomic E-state index is 13.2. The van der Waals surface area contributed by atoms with Crippen molar-refractivity contribution in [3.63, 3.8) is 0 Å². The summed E-state index contributed by atoms with van der Waals surface area (Å²) in [6, 6.07) is 11.0. The van der Waals surface area contributed by atoms with Gasteiger partial charge in [-0.05, 0) is 42.8 Å². The predicted octanol–water partition coefficient (Wildman–Crippen LogP) is 4.12. The fraction of sp³-hybridized carbons (Fsp3) is 0.292. The van der Waals surface area contributed by atoms with E-state index in [1.807, 2.05) is 37.1 Å². The second-order valence-electron chi connectivity index (χ2n) is 8.84. The highest BCUT2D eigenvalue weighted by Crippen LogP contribution is 2.37. The molecule has 12 heteroatoms. The Morgan fingerprint density at radius 2 is 1.75 bits per heavy atom. The zero-order chi connectivity index (χ0) is 25.6. The number of carbonyl (C=O) groups is 1. The number of hydrogen-bond donors (Lipinski definition) is 1. The molecule has 3 heterocycles. The Hall–Kier alpha value is -3.08. The Morgan fingerprint density at radius 3 is 2.42 bits per heavy atom. The number of nitrogens with zero attached hydrogens (tertiary/aromatic N) is 5. The van der Waals surface area contributed by atoms with Gasteiger partial charge < -0.3 is 15.1 Å². The molecule has 1 amide bonds. The molecule has 2 aliphatic rings. The molecule has 1 N–H and O–H groups in total. The highest BCUT2D eigenvalue weighted by molar-refractivity contribution is 7.91. The molecule has 0 saturated carbocycles. The van der Waals surface area contributed by atoms with Gasteiger partial charge in [-0.15, -0.1) is 0 Å². The van der Waals surface area contributed by atoms with Crippen molar-refractivity contribution in [3.8, 4) is 0 Å². The molecule has 1 saturated heterocycles. The summed E-state index contributed by atoms with van der Waals surface area (Å²) in [5, 5.41) is 3.98. The van der Waals surface area contributed by atoms with E-state index in [1.165, 1.54) is 11.1 Å². The molecule has 0 aliphatic carbocycles. The molecule has 188 valence electrons. The monoisotopic (exact) mass is 546 g/mol. The fourth-order valence-corrected chi connectivity index (χ4v) is 6.26. The minimum atomic E-state index is -2.94. The second kappa shape index (κ2) is 9.42. The van der Waals surface area contributed by atoms with Crippen LogP contribution in [0.1, 0.15) is 15.9 Å². The van der Waals surface area contributed by atoms with Gasteiger partial charge in [0.25, 0.3) is 5.91 Å². The number of halogens is 2. The van der Waals surface area contributed by atoms with Crippen LogP contribution in [0.4, 0.5) is 28.8 Å². The second-order valence-corrected chi connectivity index (χ2v) is 12.0. The van der Waals surface area contributed by atoms with E-state index >= 15 is 0 Å². The van der Waals surface area contributed by atoms with Gasteiger partial charge >= 0.3 is 0 Å². The summed E-state index contributed by atoms with van der Waals surface area (Å²) in [5.41, 5.74) is 3.60. The number of amides is 1. The van der Waals surface area contributed by atoms with E-state index in [9.17, 15) is 13.2 Å². The molecule has 0 atom stereocenters. The minimum Gasteiger partial charge on any atom is -0.369 e. The lowest BCUT2D eigenvalue weighted by atomic mass is 10.1. The van der Waals surface area contributed by atoms with Crippen molar-refractivity contribution in [3.05, 3.63) is 63.8 Å². The zero-order valence-corrected chi connectivity index (χ0v) is 22.0. The van der Waals surface area contributed by atoms with Crippen LogP contribution in [0.2, 0.25) is 10.0 Å². The van der Waals surface area contributed by atoms with Crippen LogP contribution in [0.15, 0.2) is 42.6 Å². The first-order valence-corrected chi connectivity index (χ1v) is 13.9. The van der Waals surface area contributed by atoms with Crippen LogP contribution >= 0.6 is 23.2 Å². The SMILES string of the molecule is Cc1cc(Nc2ncc3c(n2)N(C)CN(c2c(Cl)cccc2Cl)C3=O)ccc1N1CCS(=O)(=O)CC1. The van der Waals surface area contributed by atoms with Crippen molar-refractivity contribution in [2.45, 2.75) is 6.92 Å². The largest absolute Gasteiger partial charge is 0.369 e. The van der Waals surface area contributed by atoms with Gasteiger partial charge in [0.15, 0.2) is 9.84 Å². The fourth-order valence-electron chi connectivity index (χ4n) is 4.45. The molecule has 5 rings (SSSR count). The van der Waals surface area contributed by atoms with Crippen LogP contribution in [-0.2, 0) is 9.84 Å². The summed E-state index contributed by atoms with van der Waals surface area (Å²) in [5.74, 6) is 0.908. The van der Waals surface area contributed by atoms with Crippen LogP contribution < -0.4 is 20.0 Å². The first kappa shape index (κ1) is 24.6. The maximum Gasteiger partial charge on any atom is 0.265 e. The van der Waals surface area contributed by atoms with Crippen LogP contribution in [-0.4, -0.2) is 62.6 Å². The summed E-state index contributed by atoms with van der Waals surface area (Å²) in [6.45, 7) is 3.19. The number of aromatic nitrogens is 2. The molecule has 3 aromatic rings. The van der Waals surface area contributed by atoms with Crippen LogP contribution in [0.3, 0.4) is 0 Å². The molecule has 1 aromatic heterocycles. The van der Waals surface area contributed by atoms with E-state index < -0.39 is 9.84 Å². The van der Waals surface area contributed by atoms with Gasteiger partial charge in [-0.3, -0.25) is 9.69 Å². The molecule has 36 heavy (non-hydrogen) atoms. The van der Waals surface area contributed by atoms with Crippen molar-refractivity contribution in [1.29, 1.82) is 0 Å². The molecule has 0 unspecified atom stereocenters. The molecule has 0 spiro atoms. The number of benzene rings is 2. The van der Waals surface area contributed by atoms with Gasteiger partial charge in [0.2, 0.25) is 5.95 Å². The third-order valence-electron chi connectivity index (χ3n) is 6.30. The lowest BCUT2D eigenvalue weighted by molar-refractivity contribution is 0.0982. The normalized spacial score (nSPS) is 17.2. The summed E-state index contributed by atoms with van der Waals surface area (Å²) in [7, 11) is -1.11. The summed E-state index contributed by atoms with van der Waals surface area (Å²) in [6.07, 6.45) is 1.50. The van der Waals surface area contributed by atoms with E-state index in [4.69, 9.17) is 23.2 Å². The highest BCUT2D eigenvalue weighted by Gasteiger charge is 2.32. The topological polar surface area (TPSA) is 98.7 Å². The molecule has 2 aromatic carbocycles. The highest BCUT2D eigenvalue weighted by atomic mass is 35.5. The third kappa shape index (κ3) is 4.68. The van der Waals surface area contributed by atoms with Crippen molar-refractivity contribution in [1.82, 2.24) is 9.97 Å². The maximum absolute atomic E-state index is 13.2. The number of fused-ring (bicyclic) bond motifs is 1. The smallest absolute Gasteiger partial charge is 0.265 e. The van der Waals surface area contributed by atoms with E-state index in [-0.39, 0.29) is 24.1 Å². The van der Waals surface area contributed by atoms with E-state index in [2.05, 4.69) is 20.2 Å². The number of aryl methyl sites for hydroxylation is 1. The zero-order valence-electron chi connectivity index (χ0n) is 19.7. The summed E-state index contributed by atoms with van der Waals surface area (Å²) < 4.78 is 23.5. The molecule has 0 radical (unpaired) electrons.